The summed E-state index contributed by atoms with van der Waals surface area (Å²) in [6.07, 6.45) is 0. The van der Waals surface area contributed by atoms with Crippen LogP contribution >= 0.6 is 31.3 Å². The monoisotopic (exact) mass is 649 g/mol. The average Bonchev–Trinajstić information content (AvgIpc) is 2.89. The molecule has 0 atom stereocenters. The molecule has 2 nitrogen and oxygen atoms in total. The molecule has 4 aromatic carbocycles. The topological polar surface area (TPSA) is 60.0 Å². The Morgan fingerprint density at radius 3 is 1.33 bits per heavy atom. The van der Waals surface area contributed by atoms with Gasteiger partial charge in [-0.1, -0.05) is 96.5 Å². The normalized spacial score (nSPS) is 14.5. The minimum absolute atomic E-state index is 0. The van der Waals surface area contributed by atoms with Crippen molar-refractivity contribution in [3.05, 3.63) is 138 Å². The third kappa shape index (κ3) is 10.4. The molecule has 42 heavy (non-hydrogen) atoms. The first-order chi connectivity index (χ1) is 17.8. The van der Waals surface area contributed by atoms with Crippen molar-refractivity contribution >= 4 is 36.3 Å². The Labute approximate surface area is 255 Å². The number of hydrogen-bond donors (Lipinski definition) is 0. The van der Waals surface area contributed by atoms with Crippen molar-refractivity contribution in [3.63, 3.8) is 0 Å². The average molecular weight is 650 g/mol. The van der Waals surface area contributed by atoms with Crippen molar-refractivity contribution in [2.24, 2.45) is 0 Å². The Morgan fingerprint density at radius 1 is 0.548 bits per heavy atom. The van der Waals surface area contributed by atoms with Gasteiger partial charge < -0.3 is 11.0 Å². The maximum atomic E-state index is 14.1. The van der Waals surface area contributed by atoms with E-state index in [9.17, 15) is 31.1 Å². The van der Waals surface area contributed by atoms with Crippen LogP contribution in [0.4, 0.5) is 31.1 Å². The van der Waals surface area contributed by atoms with E-state index in [4.69, 9.17) is 11.6 Å². The molecule has 0 aliphatic heterocycles. The van der Waals surface area contributed by atoms with Crippen LogP contribution in [-0.4, -0.2) is 11.0 Å². The van der Waals surface area contributed by atoms with Crippen LogP contribution in [0.2, 0.25) is 0 Å². The fraction of sp³-hybridized carbons (Fsp3) is 0. The molecule has 0 aliphatic carbocycles. The molecule has 0 amide bonds. The van der Waals surface area contributed by atoms with Crippen molar-refractivity contribution in [1.82, 2.24) is 0 Å². The second-order valence-corrected chi connectivity index (χ2v) is 14.4. The minimum atomic E-state index is -8.55. The van der Waals surface area contributed by atoms with Gasteiger partial charge in [-0.05, 0) is 47.9 Å². The first-order valence-electron chi connectivity index (χ1n) is 11.0. The summed E-state index contributed by atoms with van der Waals surface area (Å²) in [7, 11) is -17.1. The van der Waals surface area contributed by atoms with Crippen LogP contribution in [0.5, 0.6) is 0 Å². The summed E-state index contributed by atoms with van der Waals surface area (Å²) in [5, 5.41) is -0.126. The van der Waals surface area contributed by atoms with Gasteiger partial charge in [0.05, 0.1) is 20.2 Å². The number of hydrogen-bond acceptors (Lipinski definition) is 2. The standard InChI is InChI=1S/C14H11ClF4S.C14H10F4S.Li.2H2O/c15-14(12-7-3-1-4-8-12)11-20(16,17,18,19)13-9-5-2-6-10-13;15-19(16,17,18,14-9-5-2-6-10-14)12-11-13-7-3-1-4-8-13;;;/h1-11H;1-10H;;2*1H2/q;;+1;;/p-2/b14-11+;;;;. The van der Waals surface area contributed by atoms with E-state index in [2.05, 4.69) is 0 Å². The molecule has 0 aliphatic rings. The first kappa shape index (κ1) is 39.1. The van der Waals surface area contributed by atoms with E-state index in [1.807, 2.05) is 5.92 Å². The molecule has 14 heteroatoms. The van der Waals surface area contributed by atoms with Gasteiger partial charge in [0.2, 0.25) is 19.7 Å². The number of benzene rings is 4. The quantitative estimate of drug-likeness (QED) is 0.126. The summed E-state index contributed by atoms with van der Waals surface area (Å²) in [5.74, 6) is 1.87. The van der Waals surface area contributed by atoms with Crippen LogP contribution in [0.1, 0.15) is 11.1 Å². The van der Waals surface area contributed by atoms with E-state index in [1.54, 1.807) is 24.3 Å². The molecule has 0 heterocycles. The molecule has 0 bridgehead atoms. The zero-order valence-corrected chi connectivity index (χ0v) is 24.1. The molecule has 2 N–H and O–H groups in total. The zero-order valence-electron chi connectivity index (χ0n) is 21.7. The fourth-order valence-electron chi connectivity index (χ4n) is 3.08. The maximum absolute atomic E-state index is 14.1. The van der Waals surface area contributed by atoms with Crippen molar-refractivity contribution in [1.29, 1.82) is 0 Å². The first-order valence-corrected chi connectivity index (χ1v) is 15.5. The second kappa shape index (κ2) is 12.4. The molecular weight excluding hydrogens is 627 g/mol. The molecule has 0 saturated carbocycles. The Morgan fingerprint density at radius 2 is 0.905 bits per heavy atom. The van der Waals surface area contributed by atoms with Crippen LogP contribution in [-0.2, 0) is 0 Å². The Hall–Kier alpha value is -2.87. The van der Waals surface area contributed by atoms with Crippen LogP contribution in [0.3, 0.4) is 0 Å². The molecule has 0 radical (unpaired) electrons. The Balaban J connectivity index is 0.000000748. The minimum Gasteiger partial charge on any atom is -0.870 e. The van der Waals surface area contributed by atoms with Gasteiger partial charge in [-0.25, -0.2) is 0 Å². The number of rotatable bonds is 4. The molecule has 0 fully saturated rings. The largest absolute Gasteiger partial charge is 1.00 e. The van der Waals surface area contributed by atoms with Gasteiger partial charge in [-0.2, -0.15) is 0 Å². The van der Waals surface area contributed by atoms with Gasteiger partial charge in [-0.15, -0.1) is 31.1 Å². The molecule has 4 rings (SSSR count). The molecule has 4 aromatic rings. The molecule has 0 saturated heterocycles. The van der Waals surface area contributed by atoms with E-state index in [0.29, 0.717) is 24.3 Å². The van der Waals surface area contributed by atoms with Crippen molar-refractivity contribution in [2.45, 2.75) is 9.79 Å². The van der Waals surface area contributed by atoms with E-state index in [1.165, 1.54) is 48.5 Å². The molecule has 0 aromatic heterocycles. The van der Waals surface area contributed by atoms with Crippen molar-refractivity contribution < 1.29 is 60.9 Å². The summed E-state index contributed by atoms with van der Waals surface area (Å²) >= 11 is 5.65. The second-order valence-electron chi connectivity index (χ2n) is 8.25. The van der Waals surface area contributed by atoms with E-state index < -0.39 is 39.9 Å². The predicted molar refractivity (Wildman–Crippen MR) is 151 cm³/mol. The summed E-state index contributed by atoms with van der Waals surface area (Å²) in [5.41, 5.74) is 0.231. The molecule has 0 spiro atoms. The Kier molecular flexibility index (Phi) is 11.5. The van der Waals surface area contributed by atoms with Gasteiger partial charge >= 0.3 is 18.9 Å². The third-order valence-electron chi connectivity index (χ3n) is 5.02. The summed E-state index contributed by atoms with van der Waals surface area (Å²) < 4.78 is 112. The maximum Gasteiger partial charge on any atom is 1.00 e. The number of halogens is 9. The Bertz CT molecular complexity index is 1560. The van der Waals surface area contributed by atoms with Gasteiger partial charge in [0.25, 0.3) is 0 Å². The van der Waals surface area contributed by atoms with Gasteiger partial charge in [0, 0.05) is 10.8 Å². The van der Waals surface area contributed by atoms with Gasteiger partial charge in [-0.3, -0.25) is 0 Å². The molecule has 224 valence electrons. The van der Waals surface area contributed by atoms with Crippen LogP contribution in [0.25, 0.3) is 5.03 Å². The third-order valence-corrected chi connectivity index (χ3v) is 9.17. The van der Waals surface area contributed by atoms with Crippen LogP contribution in [0.15, 0.2) is 137 Å². The van der Waals surface area contributed by atoms with E-state index in [-0.39, 0.29) is 40.9 Å². The summed E-state index contributed by atoms with van der Waals surface area (Å²) in [6.45, 7) is 0. The van der Waals surface area contributed by atoms with Crippen molar-refractivity contribution in [2.75, 3.05) is 0 Å². The van der Waals surface area contributed by atoms with Gasteiger partial charge in [0.15, 0.2) is 0 Å². The van der Waals surface area contributed by atoms with Crippen LogP contribution in [0, 0.1) is 11.2 Å². The zero-order chi connectivity index (χ0) is 29.0. The van der Waals surface area contributed by atoms with Crippen LogP contribution < -0.4 is 18.9 Å². The van der Waals surface area contributed by atoms with Gasteiger partial charge in [0.1, 0.15) is 0 Å². The van der Waals surface area contributed by atoms with E-state index in [0.717, 1.165) is 29.5 Å². The summed E-state index contributed by atoms with van der Waals surface area (Å²) in [4.78, 5) is -2.65. The molecular formula is C28H23ClF8LiO2S2-. The predicted octanol–water partition coefficient (Wildman–Crippen LogP) is 8.82. The smallest absolute Gasteiger partial charge is 0.870 e. The fourth-order valence-corrected chi connectivity index (χ4v) is 6.31. The van der Waals surface area contributed by atoms with E-state index >= 15 is 0 Å². The van der Waals surface area contributed by atoms with Crippen molar-refractivity contribution in [3.8, 4) is 11.2 Å². The molecule has 0 unspecified atom stereocenters. The summed E-state index contributed by atoms with van der Waals surface area (Å²) in [6, 6.07) is 25.1. The SMILES string of the molecule is FS(F)(F)(F)(/C=C(/Cl)c1ccccc1)c1ccccc1.FS(F)(F)(F)(C#Cc1ccccc1)c1ccccc1.[Li+].[OH-].[OH-].